The maximum absolute atomic E-state index is 12.2. The number of carbonyl (C=O) groups is 2. The van der Waals surface area contributed by atoms with Crippen molar-refractivity contribution < 1.29 is 19.4 Å². The Morgan fingerprint density at radius 3 is 2.63 bits per heavy atom. The summed E-state index contributed by atoms with van der Waals surface area (Å²) in [5, 5.41) is 10.3. The van der Waals surface area contributed by atoms with E-state index in [0.717, 1.165) is 44.9 Å². The fourth-order valence-electron chi connectivity index (χ4n) is 4.74. The standard InChI is InChI=1S/C23H38O4/c1-27-23(26)12-8-3-2-7-11-21-19(14-16-22(21)25)13-15-20(24)17-18-9-5-4-6-10-18/h13,15,18-21,24H,2-12,14,16-17H2,1H3/t19-,20?,21+/m1/s1. The van der Waals surface area contributed by atoms with Gasteiger partial charge in [-0.25, -0.2) is 0 Å². The summed E-state index contributed by atoms with van der Waals surface area (Å²) in [6.07, 6.45) is 18.1. The molecular weight excluding hydrogens is 340 g/mol. The van der Waals surface area contributed by atoms with Crippen LogP contribution in [-0.4, -0.2) is 30.1 Å². The summed E-state index contributed by atoms with van der Waals surface area (Å²) in [4.78, 5) is 23.3. The number of carbonyl (C=O) groups excluding carboxylic acids is 2. The van der Waals surface area contributed by atoms with E-state index in [1.54, 1.807) is 0 Å². The van der Waals surface area contributed by atoms with Crippen LogP contribution in [0.5, 0.6) is 0 Å². The molecule has 4 nitrogen and oxygen atoms in total. The highest BCUT2D eigenvalue weighted by molar-refractivity contribution is 5.83. The highest BCUT2D eigenvalue weighted by Gasteiger charge is 2.32. The second-order valence-corrected chi connectivity index (χ2v) is 8.50. The van der Waals surface area contributed by atoms with Gasteiger partial charge in [0.15, 0.2) is 0 Å². The van der Waals surface area contributed by atoms with Gasteiger partial charge in [0.25, 0.3) is 0 Å². The van der Waals surface area contributed by atoms with E-state index in [9.17, 15) is 14.7 Å². The lowest BCUT2D eigenvalue weighted by molar-refractivity contribution is -0.140. The molecule has 0 spiro atoms. The van der Waals surface area contributed by atoms with Crippen LogP contribution in [-0.2, 0) is 14.3 Å². The average molecular weight is 379 g/mol. The summed E-state index contributed by atoms with van der Waals surface area (Å²) in [5.74, 6) is 1.35. The summed E-state index contributed by atoms with van der Waals surface area (Å²) < 4.78 is 4.65. The fourth-order valence-corrected chi connectivity index (χ4v) is 4.74. The maximum atomic E-state index is 12.2. The highest BCUT2D eigenvalue weighted by Crippen LogP contribution is 2.34. The number of ketones is 1. The first-order chi connectivity index (χ1) is 13.1. The topological polar surface area (TPSA) is 63.6 Å². The molecule has 0 amide bonds. The number of aliphatic hydroxyl groups excluding tert-OH is 1. The molecule has 1 unspecified atom stereocenters. The van der Waals surface area contributed by atoms with Crippen LogP contribution in [0.3, 0.4) is 0 Å². The summed E-state index contributed by atoms with van der Waals surface area (Å²) in [5.41, 5.74) is 0. The van der Waals surface area contributed by atoms with Crippen LogP contribution in [0.2, 0.25) is 0 Å². The largest absolute Gasteiger partial charge is 0.469 e. The van der Waals surface area contributed by atoms with Gasteiger partial charge in [0.1, 0.15) is 5.78 Å². The van der Waals surface area contributed by atoms with E-state index in [4.69, 9.17) is 0 Å². The zero-order chi connectivity index (χ0) is 19.5. The molecule has 0 aromatic rings. The van der Waals surface area contributed by atoms with Crippen molar-refractivity contribution >= 4 is 11.8 Å². The van der Waals surface area contributed by atoms with E-state index in [1.807, 2.05) is 6.08 Å². The van der Waals surface area contributed by atoms with Gasteiger partial charge in [0.2, 0.25) is 0 Å². The Hall–Kier alpha value is -1.16. The fraction of sp³-hybridized carbons (Fsp3) is 0.826. The summed E-state index contributed by atoms with van der Waals surface area (Å²) >= 11 is 0. The van der Waals surface area contributed by atoms with Gasteiger partial charge in [-0.1, -0.05) is 63.5 Å². The Morgan fingerprint density at radius 1 is 1.15 bits per heavy atom. The number of rotatable bonds is 11. The average Bonchev–Trinajstić information content (AvgIpc) is 3.03. The van der Waals surface area contributed by atoms with E-state index in [2.05, 4.69) is 10.8 Å². The Bertz CT molecular complexity index is 479. The number of Topliss-reactive ketones (excluding diaryl/α,β-unsaturated/α-hetero) is 1. The molecule has 2 saturated carbocycles. The van der Waals surface area contributed by atoms with E-state index < -0.39 is 0 Å². The monoisotopic (exact) mass is 378 g/mol. The minimum atomic E-state index is -0.359. The Balaban J connectivity index is 1.67. The van der Waals surface area contributed by atoms with Crippen molar-refractivity contribution in [3.8, 4) is 0 Å². The SMILES string of the molecule is COC(=O)CCCCCC[C@@H]1C(=O)CC[C@H]1C=CC(O)CC1CCCCC1. The molecule has 2 aliphatic rings. The minimum absolute atomic E-state index is 0.128. The molecule has 0 bridgehead atoms. The van der Waals surface area contributed by atoms with Crippen molar-refractivity contribution in [3.63, 3.8) is 0 Å². The molecule has 2 rings (SSSR count). The molecule has 0 radical (unpaired) electrons. The maximum Gasteiger partial charge on any atom is 0.305 e. The molecule has 2 fully saturated rings. The van der Waals surface area contributed by atoms with Crippen molar-refractivity contribution in [2.75, 3.05) is 7.11 Å². The van der Waals surface area contributed by atoms with Crippen LogP contribution < -0.4 is 0 Å². The molecule has 3 atom stereocenters. The summed E-state index contributed by atoms with van der Waals surface area (Å²) in [6, 6.07) is 0. The van der Waals surface area contributed by atoms with Gasteiger partial charge >= 0.3 is 5.97 Å². The summed E-state index contributed by atoms with van der Waals surface area (Å²) in [6.45, 7) is 0. The van der Waals surface area contributed by atoms with Crippen molar-refractivity contribution in [1.29, 1.82) is 0 Å². The van der Waals surface area contributed by atoms with Gasteiger partial charge < -0.3 is 9.84 Å². The van der Waals surface area contributed by atoms with Gasteiger partial charge in [-0.15, -0.1) is 0 Å². The first-order valence-electron chi connectivity index (χ1n) is 11.1. The lowest BCUT2D eigenvalue weighted by atomic mass is 9.85. The Morgan fingerprint density at radius 2 is 1.89 bits per heavy atom. The molecule has 0 aromatic heterocycles. The Labute approximate surface area is 164 Å². The van der Waals surface area contributed by atoms with E-state index in [1.165, 1.54) is 39.2 Å². The molecule has 4 heteroatoms. The van der Waals surface area contributed by atoms with Crippen LogP contribution in [0.1, 0.15) is 89.9 Å². The molecule has 2 aliphatic carbocycles. The minimum Gasteiger partial charge on any atom is -0.469 e. The van der Waals surface area contributed by atoms with Crippen LogP contribution in [0.25, 0.3) is 0 Å². The van der Waals surface area contributed by atoms with E-state index >= 15 is 0 Å². The predicted molar refractivity (Wildman–Crippen MR) is 107 cm³/mol. The first-order valence-corrected chi connectivity index (χ1v) is 11.1. The molecule has 27 heavy (non-hydrogen) atoms. The molecular formula is C23H38O4. The van der Waals surface area contributed by atoms with Gasteiger partial charge in [0.05, 0.1) is 13.2 Å². The number of hydrogen-bond acceptors (Lipinski definition) is 4. The predicted octanol–water partition coefficient (Wildman–Crippen LogP) is 4.98. The third-order valence-electron chi connectivity index (χ3n) is 6.41. The molecule has 0 aliphatic heterocycles. The number of ether oxygens (including phenoxy) is 1. The van der Waals surface area contributed by atoms with Crippen molar-refractivity contribution in [2.45, 2.75) is 96.0 Å². The zero-order valence-electron chi connectivity index (χ0n) is 17.0. The first kappa shape index (κ1) is 22.1. The van der Waals surface area contributed by atoms with Crippen molar-refractivity contribution in [2.24, 2.45) is 17.8 Å². The van der Waals surface area contributed by atoms with Gasteiger partial charge in [-0.3, -0.25) is 9.59 Å². The lowest BCUT2D eigenvalue weighted by Gasteiger charge is -2.23. The van der Waals surface area contributed by atoms with Crippen molar-refractivity contribution in [1.82, 2.24) is 0 Å². The van der Waals surface area contributed by atoms with E-state index in [-0.39, 0.29) is 18.0 Å². The third kappa shape index (κ3) is 8.16. The number of unbranched alkanes of at least 4 members (excludes halogenated alkanes) is 3. The van der Waals surface area contributed by atoms with E-state index in [0.29, 0.717) is 30.5 Å². The molecule has 0 aromatic carbocycles. The van der Waals surface area contributed by atoms with Gasteiger partial charge in [0, 0.05) is 18.8 Å². The molecule has 1 N–H and O–H groups in total. The normalized spacial score (nSPS) is 25.2. The van der Waals surface area contributed by atoms with Crippen LogP contribution in [0.15, 0.2) is 12.2 Å². The lowest BCUT2D eigenvalue weighted by Crippen LogP contribution is -2.16. The van der Waals surface area contributed by atoms with Crippen molar-refractivity contribution in [3.05, 3.63) is 12.2 Å². The van der Waals surface area contributed by atoms with Crippen LogP contribution in [0, 0.1) is 17.8 Å². The van der Waals surface area contributed by atoms with Gasteiger partial charge in [-0.05, 0) is 37.5 Å². The van der Waals surface area contributed by atoms with Gasteiger partial charge in [-0.2, -0.15) is 0 Å². The molecule has 0 heterocycles. The number of methoxy groups -OCH3 is 1. The second-order valence-electron chi connectivity index (χ2n) is 8.50. The Kier molecular flexibility index (Phi) is 10.1. The quantitative estimate of drug-likeness (QED) is 0.313. The molecule has 154 valence electrons. The van der Waals surface area contributed by atoms with Crippen LogP contribution in [0.4, 0.5) is 0 Å². The molecule has 0 saturated heterocycles. The zero-order valence-corrected chi connectivity index (χ0v) is 17.0. The smallest absolute Gasteiger partial charge is 0.305 e. The highest BCUT2D eigenvalue weighted by atomic mass is 16.5. The van der Waals surface area contributed by atoms with Crippen LogP contribution >= 0.6 is 0 Å². The second kappa shape index (κ2) is 12.3. The third-order valence-corrected chi connectivity index (χ3v) is 6.41. The number of aliphatic hydroxyl groups is 1. The number of esters is 1. The summed E-state index contributed by atoms with van der Waals surface area (Å²) in [7, 11) is 1.42. The number of hydrogen-bond donors (Lipinski definition) is 1. The number of allylic oxidation sites excluding steroid dienone is 1.